The number of nitrogens with zero attached hydrogens (tertiary/aromatic N) is 6. The van der Waals surface area contributed by atoms with Crippen molar-refractivity contribution in [2.75, 3.05) is 43.6 Å². The van der Waals surface area contributed by atoms with Gasteiger partial charge in [-0.05, 0) is 19.2 Å². The summed E-state index contributed by atoms with van der Waals surface area (Å²) in [4.78, 5) is 45.4. The van der Waals surface area contributed by atoms with Gasteiger partial charge in [0.05, 0.1) is 9.85 Å². The molecule has 13 nitrogen and oxygen atoms in total. The third-order valence-electron chi connectivity index (χ3n) is 4.49. The maximum Gasteiger partial charge on any atom is 0.355 e. The Morgan fingerprint density at radius 2 is 1.83 bits per heavy atom. The molecular weight excluding hydrogens is 420 g/mol. The van der Waals surface area contributed by atoms with Crippen LogP contribution in [0.5, 0.6) is 0 Å². The van der Waals surface area contributed by atoms with Crippen LogP contribution in [0.2, 0.25) is 5.02 Å². The fourth-order valence-corrected chi connectivity index (χ4v) is 3.05. The summed E-state index contributed by atoms with van der Waals surface area (Å²) < 4.78 is 0. The molecule has 0 radical (unpaired) electrons. The molecule has 0 bridgehead atoms. The van der Waals surface area contributed by atoms with Gasteiger partial charge in [-0.2, -0.15) is 0 Å². The molecule has 1 aliphatic heterocycles. The topological polar surface area (TPSA) is 160 Å². The Balaban J connectivity index is 1.81. The summed E-state index contributed by atoms with van der Waals surface area (Å²) in [6.45, 7) is 2.54. The summed E-state index contributed by atoms with van der Waals surface area (Å²) >= 11 is 5.74. The molecule has 1 aliphatic rings. The number of aromatic nitrogens is 2. The van der Waals surface area contributed by atoms with Crippen molar-refractivity contribution >= 4 is 40.5 Å². The van der Waals surface area contributed by atoms with Crippen molar-refractivity contribution < 1.29 is 14.6 Å². The smallest absolute Gasteiger partial charge is 0.348 e. The van der Waals surface area contributed by atoms with Crippen molar-refractivity contribution in [2.45, 2.75) is 0 Å². The lowest BCUT2D eigenvalue weighted by Crippen LogP contribution is -2.45. The molecule has 1 saturated heterocycles. The third kappa shape index (κ3) is 4.52. The number of amides is 1. The Hall–Kier alpha value is -3.58. The molecule has 0 unspecified atom stereocenters. The van der Waals surface area contributed by atoms with E-state index in [2.05, 4.69) is 25.7 Å². The SMILES string of the molecule is CN1CCN(c2ncnc(NNC(=O)c3ccc(Cl)c([N+](=O)[O-])c3)c2[N+](=O)[O-])CC1. The van der Waals surface area contributed by atoms with E-state index in [1.807, 2.05) is 7.05 Å². The number of anilines is 2. The van der Waals surface area contributed by atoms with Crippen LogP contribution in [0.25, 0.3) is 0 Å². The van der Waals surface area contributed by atoms with Gasteiger partial charge in [0, 0.05) is 37.8 Å². The highest BCUT2D eigenvalue weighted by Crippen LogP contribution is 2.32. The normalized spacial score (nSPS) is 14.3. The predicted octanol–water partition coefficient (Wildman–Crippen LogP) is 1.46. The van der Waals surface area contributed by atoms with Crippen molar-refractivity contribution in [3.05, 3.63) is 55.3 Å². The van der Waals surface area contributed by atoms with Gasteiger partial charge in [-0.3, -0.25) is 35.9 Å². The standard InChI is InChI=1S/C16H17ClN8O5/c1-22-4-6-23(7-5-22)15-13(25(29)30)14(18-9-19-15)20-21-16(26)10-2-3-11(17)12(8-10)24(27)28/h2-3,8-9H,4-7H2,1H3,(H,21,26)(H,18,19,20). The highest BCUT2D eigenvalue weighted by Gasteiger charge is 2.29. The minimum atomic E-state index is -0.760. The van der Waals surface area contributed by atoms with Crippen LogP contribution in [0, 0.1) is 20.2 Å². The zero-order valence-electron chi connectivity index (χ0n) is 15.7. The molecule has 2 aromatic rings. The first-order chi connectivity index (χ1) is 14.3. The Morgan fingerprint density at radius 1 is 1.13 bits per heavy atom. The molecule has 3 rings (SSSR count). The molecule has 158 valence electrons. The Kier molecular flexibility index (Phi) is 6.23. The number of hydrogen-bond acceptors (Lipinski definition) is 10. The van der Waals surface area contributed by atoms with Gasteiger partial charge < -0.3 is 9.80 Å². The van der Waals surface area contributed by atoms with Crippen LogP contribution in [-0.4, -0.2) is 63.8 Å². The van der Waals surface area contributed by atoms with Crippen molar-refractivity contribution in [3.63, 3.8) is 0 Å². The lowest BCUT2D eigenvalue weighted by Gasteiger charge is -2.32. The zero-order chi connectivity index (χ0) is 21.8. The van der Waals surface area contributed by atoms with Crippen LogP contribution < -0.4 is 15.8 Å². The van der Waals surface area contributed by atoms with E-state index in [1.54, 1.807) is 4.90 Å². The van der Waals surface area contributed by atoms with Gasteiger partial charge in [-0.1, -0.05) is 11.6 Å². The van der Waals surface area contributed by atoms with Gasteiger partial charge in [0.1, 0.15) is 11.3 Å². The maximum atomic E-state index is 12.3. The first kappa shape index (κ1) is 21.1. The Morgan fingerprint density at radius 3 is 2.47 bits per heavy atom. The average Bonchev–Trinajstić information content (AvgIpc) is 2.72. The van der Waals surface area contributed by atoms with Crippen LogP contribution in [0.1, 0.15) is 10.4 Å². The van der Waals surface area contributed by atoms with E-state index in [0.717, 1.165) is 25.5 Å². The number of hydrogen-bond donors (Lipinski definition) is 2. The molecule has 0 saturated carbocycles. The summed E-state index contributed by atoms with van der Waals surface area (Å²) in [6, 6.07) is 3.51. The van der Waals surface area contributed by atoms with Crippen LogP contribution in [-0.2, 0) is 0 Å². The predicted molar refractivity (Wildman–Crippen MR) is 108 cm³/mol. The van der Waals surface area contributed by atoms with E-state index < -0.39 is 21.4 Å². The second-order valence-electron chi connectivity index (χ2n) is 6.44. The summed E-state index contributed by atoms with van der Waals surface area (Å²) in [5.41, 5.74) is 3.79. The second-order valence-corrected chi connectivity index (χ2v) is 6.85. The third-order valence-corrected chi connectivity index (χ3v) is 4.81. The average molecular weight is 437 g/mol. The molecule has 0 spiro atoms. The molecule has 2 N–H and O–H groups in total. The van der Waals surface area contributed by atoms with Crippen LogP contribution in [0.4, 0.5) is 23.0 Å². The maximum absolute atomic E-state index is 12.3. The quantitative estimate of drug-likeness (QED) is 0.501. The lowest BCUT2D eigenvalue weighted by atomic mass is 10.2. The number of rotatable bonds is 6. The van der Waals surface area contributed by atoms with Gasteiger partial charge in [-0.25, -0.2) is 9.97 Å². The van der Waals surface area contributed by atoms with Crippen LogP contribution in [0.15, 0.2) is 24.5 Å². The summed E-state index contributed by atoms with van der Waals surface area (Å²) in [5, 5.41) is 22.5. The fraction of sp³-hybridized carbons (Fsp3) is 0.312. The van der Waals surface area contributed by atoms with E-state index in [0.29, 0.717) is 13.1 Å². The van der Waals surface area contributed by atoms with Crippen molar-refractivity contribution in [3.8, 4) is 0 Å². The Bertz CT molecular complexity index is 996. The monoisotopic (exact) mass is 436 g/mol. The molecule has 0 aliphatic carbocycles. The first-order valence-electron chi connectivity index (χ1n) is 8.71. The number of halogens is 1. The molecular formula is C16H17ClN8O5. The minimum Gasteiger partial charge on any atom is -0.348 e. The number of hydrazine groups is 1. The number of piperazine rings is 1. The van der Waals surface area contributed by atoms with Gasteiger partial charge in [0.2, 0.25) is 11.6 Å². The summed E-state index contributed by atoms with van der Waals surface area (Å²) in [5.74, 6) is -0.827. The number of carbonyl (C=O) groups excluding carboxylic acids is 1. The van der Waals surface area contributed by atoms with E-state index in [9.17, 15) is 25.0 Å². The van der Waals surface area contributed by atoms with Crippen molar-refractivity contribution in [2.24, 2.45) is 0 Å². The number of nitro benzene ring substituents is 1. The van der Waals surface area contributed by atoms with Gasteiger partial charge in [-0.15, -0.1) is 0 Å². The van der Waals surface area contributed by atoms with E-state index >= 15 is 0 Å². The van der Waals surface area contributed by atoms with E-state index in [-0.39, 0.29) is 27.9 Å². The van der Waals surface area contributed by atoms with E-state index in [4.69, 9.17) is 11.6 Å². The van der Waals surface area contributed by atoms with Crippen LogP contribution >= 0.6 is 11.6 Å². The molecule has 1 aromatic carbocycles. The lowest BCUT2D eigenvalue weighted by molar-refractivity contribution is -0.384. The number of benzene rings is 1. The molecule has 1 aromatic heterocycles. The van der Waals surface area contributed by atoms with Crippen molar-refractivity contribution in [1.29, 1.82) is 0 Å². The molecule has 1 amide bonds. The van der Waals surface area contributed by atoms with Gasteiger partial charge >= 0.3 is 5.69 Å². The summed E-state index contributed by atoms with van der Waals surface area (Å²) in [6.07, 6.45) is 1.16. The molecule has 2 heterocycles. The number of likely N-dealkylation sites (N-methyl/N-ethyl adjacent to an activating group) is 1. The number of nitro groups is 2. The highest BCUT2D eigenvalue weighted by molar-refractivity contribution is 6.32. The first-order valence-corrected chi connectivity index (χ1v) is 9.09. The minimum absolute atomic E-state index is 0.0606. The largest absolute Gasteiger partial charge is 0.355 e. The molecule has 0 atom stereocenters. The second kappa shape index (κ2) is 8.84. The highest BCUT2D eigenvalue weighted by atomic mass is 35.5. The van der Waals surface area contributed by atoms with Crippen molar-refractivity contribution in [1.82, 2.24) is 20.3 Å². The van der Waals surface area contributed by atoms with E-state index in [1.165, 1.54) is 12.1 Å². The number of carbonyl (C=O) groups is 1. The molecule has 14 heteroatoms. The Labute approximate surface area is 174 Å². The summed E-state index contributed by atoms with van der Waals surface area (Å²) in [7, 11) is 1.95. The van der Waals surface area contributed by atoms with Crippen LogP contribution in [0.3, 0.4) is 0 Å². The fourth-order valence-electron chi connectivity index (χ4n) is 2.86. The van der Waals surface area contributed by atoms with Gasteiger partial charge in [0.25, 0.3) is 11.6 Å². The number of nitrogens with one attached hydrogen (secondary N) is 2. The zero-order valence-corrected chi connectivity index (χ0v) is 16.5. The van der Waals surface area contributed by atoms with Gasteiger partial charge in [0.15, 0.2) is 0 Å². The molecule has 1 fully saturated rings. The molecule has 30 heavy (non-hydrogen) atoms.